The molecular weight excluding hydrogens is 340 g/mol. The number of carbonyl (C=O) groups excluding carboxylic acids is 2. The largest absolute Gasteiger partial charge is 0.364 e. The van der Waals surface area contributed by atoms with E-state index >= 15 is 0 Å². The molecule has 1 aromatic heterocycles. The Hall–Kier alpha value is -2.03. The summed E-state index contributed by atoms with van der Waals surface area (Å²) in [6.07, 6.45) is 2.28. The highest BCUT2D eigenvalue weighted by molar-refractivity contribution is 7.22. The molecule has 7 nitrogen and oxygen atoms in total. The van der Waals surface area contributed by atoms with Crippen LogP contribution in [0.2, 0.25) is 0 Å². The summed E-state index contributed by atoms with van der Waals surface area (Å²) >= 11 is 1.39. The Morgan fingerprint density at radius 1 is 1.36 bits per heavy atom. The van der Waals surface area contributed by atoms with Gasteiger partial charge < -0.3 is 21.1 Å². The Bertz CT molecular complexity index is 776. The minimum atomic E-state index is -0.449. The van der Waals surface area contributed by atoms with Crippen LogP contribution in [0.5, 0.6) is 0 Å². The third-order valence-corrected chi connectivity index (χ3v) is 4.98. The van der Waals surface area contributed by atoms with Crippen molar-refractivity contribution in [3.8, 4) is 0 Å². The molecule has 2 atom stereocenters. The van der Waals surface area contributed by atoms with E-state index in [1.165, 1.54) is 11.3 Å². The molecule has 8 heteroatoms. The molecule has 25 heavy (non-hydrogen) atoms. The number of nitrogens with zero attached hydrogens (tertiary/aromatic N) is 1. The Balaban J connectivity index is 1.66. The Morgan fingerprint density at radius 3 is 2.92 bits per heavy atom. The van der Waals surface area contributed by atoms with Crippen molar-refractivity contribution in [2.24, 2.45) is 5.73 Å². The fourth-order valence-corrected chi connectivity index (χ4v) is 3.68. The highest BCUT2D eigenvalue weighted by Gasteiger charge is 2.29. The maximum Gasteiger partial charge on any atom is 0.253 e. The SMILES string of the molecule is CCCC(=O)Nc1nc2ccc(NC(=O)[C@@H]3CC[C@H](CN)O3)cc2s1. The van der Waals surface area contributed by atoms with Gasteiger partial charge in [0.25, 0.3) is 5.91 Å². The van der Waals surface area contributed by atoms with E-state index in [4.69, 9.17) is 10.5 Å². The fourth-order valence-electron chi connectivity index (χ4n) is 2.76. The van der Waals surface area contributed by atoms with E-state index in [-0.39, 0.29) is 17.9 Å². The predicted molar refractivity (Wildman–Crippen MR) is 98.7 cm³/mol. The van der Waals surface area contributed by atoms with Crippen molar-refractivity contribution in [2.45, 2.75) is 44.8 Å². The van der Waals surface area contributed by atoms with Crippen LogP contribution in [0, 0.1) is 0 Å². The molecule has 1 aromatic carbocycles. The van der Waals surface area contributed by atoms with Gasteiger partial charge in [-0.05, 0) is 37.5 Å². The Morgan fingerprint density at radius 2 is 2.20 bits per heavy atom. The predicted octanol–water partition coefficient (Wildman–Crippen LogP) is 2.48. The van der Waals surface area contributed by atoms with E-state index < -0.39 is 6.10 Å². The number of hydrogen-bond donors (Lipinski definition) is 3. The van der Waals surface area contributed by atoms with Gasteiger partial charge in [0, 0.05) is 18.7 Å². The lowest BCUT2D eigenvalue weighted by Gasteiger charge is -2.12. The summed E-state index contributed by atoms with van der Waals surface area (Å²) in [5.74, 6) is -0.195. The molecule has 2 amide bonds. The van der Waals surface area contributed by atoms with Crippen LogP contribution in [0.15, 0.2) is 18.2 Å². The first kappa shape index (κ1) is 17.8. The third-order valence-electron chi connectivity index (χ3n) is 4.04. The number of fused-ring (bicyclic) bond motifs is 1. The Kier molecular flexibility index (Phi) is 5.62. The standard InChI is InChI=1S/C17H22N4O3S/c1-2-3-15(22)21-17-20-12-6-4-10(8-14(12)25-17)19-16(23)13-7-5-11(9-18)24-13/h4,6,8,11,13H,2-3,5,7,9,18H2,1H3,(H,19,23)(H,20,21,22)/t11-,13+/m1/s1. The molecule has 0 aliphatic carbocycles. The van der Waals surface area contributed by atoms with E-state index in [1.54, 1.807) is 6.07 Å². The Labute approximate surface area is 149 Å². The second-order valence-electron chi connectivity index (χ2n) is 6.05. The molecule has 0 bridgehead atoms. The van der Waals surface area contributed by atoms with Crippen LogP contribution in [-0.2, 0) is 14.3 Å². The van der Waals surface area contributed by atoms with Crippen LogP contribution in [0.3, 0.4) is 0 Å². The normalized spacial score (nSPS) is 19.9. The van der Waals surface area contributed by atoms with Gasteiger partial charge in [0.2, 0.25) is 5.91 Å². The van der Waals surface area contributed by atoms with Crippen LogP contribution in [0.4, 0.5) is 10.8 Å². The molecule has 0 radical (unpaired) electrons. The summed E-state index contributed by atoms with van der Waals surface area (Å²) in [6.45, 7) is 2.39. The van der Waals surface area contributed by atoms with Gasteiger partial charge in [-0.2, -0.15) is 0 Å². The zero-order valence-electron chi connectivity index (χ0n) is 14.1. The lowest BCUT2D eigenvalue weighted by atomic mass is 10.2. The van der Waals surface area contributed by atoms with Crippen molar-refractivity contribution in [1.82, 2.24) is 4.98 Å². The van der Waals surface area contributed by atoms with Crippen LogP contribution in [-0.4, -0.2) is 35.6 Å². The number of anilines is 2. The smallest absolute Gasteiger partial charge is 0.253 e. The van der Waals surface area contributed by atoms with Crippen LogP contribution in [0.25, 0.3) is 10.2 Å². The van der Waals surface area contributed by atoms with Crippen molar-refractivity contribution >= 4 is 44.2 Å². The molecule has 0 unspecified atom stereocenters. The van der Waals surface area contributed by atoms with Crippen molar-refractivity contribution in [1.29, 1.82) is 0 Å². The molecule has 1 fully saturated rings. The topological polar surface area (TPSA) is 106 Å². The molecule has 4 N–H and O–H groups in total. The van der Waals surface area contributed by atoms with Gasteiger partial charge in [0.05, 0.1) is 16.3 Å². The molecule has 0 saturated carbocycles. The summed E-state index contributed by atoms with van der Waals surface area (Å²) in [6, 6.07) is 5.48. The van der Waals surface area contributed by atoms with Gasteiger partial charge in [-0.15, -0.1) is 0 Å². The number of rotatable bonds is 6. The summed E-state index contributed by atoms with van der Waals surface area (Å²) in [5.41, 5.74) is 7.05. The number of ether oxygens (including phenoxy) is 1. The van der Waals surface area contributed by atoms with Crippen molar-refractivity contribution in [2.75, 3.05) is 17.2 Å². The first-order valence-corrected chi connectivity index (χ1v) is 9.27. The minimum Gasteiger partial charge on any atom is -0.364 e. The minimum absolute atomic E-state index is 0.0333. The number of carbonyl (C=O) groups is 2. The van der Waals surface area contributed by atoms with E-state index in [0.29, 0.717) is 30.2 Å². The summed E-state index contributed by atoms with van der Waals surface area (Å²) in [5, 5.41) is 6.25. The lowest BCUT2D eigenvalue weighted by molar-refractivity contribution is -0.126. The quantitative estimate of drug-likeness (QED) is 0.732. The van der Waals surface area contributed by atoms with E-state index in [0.717, 1.165) is 23.1 Å². The fraction of sp³-hybridized carbons (Fsp3) is 0.471. The first-order valence-electron chi connectivity index (χ1n) is 8.46. The first-order chi connectivity index (χ1) is 12.1. The van der Waals surface area contributed by atoms with Crippen LogP contribution < -0.4 is 16.4 Å². The summed E-state index contributed by atoms with van der Waals surface area (Å²) in [4.78, 5) is 28.4. The molecule has 1 aliphatic rings. The molecule has 134 valence electrons. The molecule has 2 aromatic rings. The average Bonchev–Trinajstić information content (AvgIpc) is 3.20. The van der Waals surface area contributed by atoms with Gasteiger partial charge in [-0.3, -0.25) is 9.59 Å². The third kappa shape index (κ3) is 4.33. The molecule has 2 heterocycles. The number of benzene rings is 1. The number of nitrogens with two attached hydrogens (primary N) is 1. The number of thiazole rings is 1. The summed E-state index contributed by atoms with van der Waals surface area (Å²) in [7, 11) is 0. The van der Waals surface area contributed by atoms with Crippen LogP contribution in [0.1, 0.15) is 32.6 Å². The van der Waals surface area contributed by atoms with Gasteiger partial charge in [-0.1, -0.05) is 18.3 Å². The molecule has 1 saturated heterocycles. The molecule has 0 spiro atoms. The van der Waals surface area contributed by atoms with Crippen molar-refractivity contribution in [3.63, 3.8) is 0 Å². The highest BCUT2D eigenvalue weighted by Crippen LogP contribution is 2.29. The molecule has 3 rings (SSSR count). The maximum absolute atomic E-state index is 12.3. The van der Waals surface area contributed by atoms with Crippen molar-refractivity contribution < 1.29 is 14.3 Å². The van der Waals surface area contributed by atoms with E-state index in [2.05, 4.69) is 15.6 Å². The van der Waals surface area contributed by atoms with E-state index in [9.17, 15) is 9.59 Å². The van der Waals surface area contributed by atoms with E-state index in [1.807, 2.05) is 19.1 Å². The number of aromatic nitrogens is 1. The second kappa shape index (κ2) is 7.90. The maximum atomic E-state index is 12.3. The zero-order valence-corrected chi connectivity index (χ0v) is 14.9. The van der Waals surface area contributed by atoms with Gasteiger partial charge in [-0.25, -0.2) is 4.98 Å². The van der Waals surface area contributed by atoms with Crippen LogP contribution >= 0.6 is 11.3 Å². The van der Waals surface area contributed by atoms with Gasteiger partial charge in [0.15, 0.2) is 5.13 Å². The summed E-state index contributed by atoms with van der Waals surface area (Å²) < 4.78 is 6.51. The van der Waals surface area contributed by atoms with Crippen molar-refractivity contribution in [3.05, 3.63) is 18.2 Å². The van der Waals surface area contributed by atoms with Gasteiger partial charge >= 0.3 is 0 Å². The number of amides is 2. The zero-order chi connectivity index (χ0) is 17.8. The molecular formula is C17H22N4O3S. The highest BCUT2D eigenvalue weighted by atomic mass is 32.1. The monoisotopic (exact) mass is 362 g/mol. The second-order valence-corrected chi connectivity index (χ2v) is 7.08. The average molecular weight is 362 g/mol. The van der Waals surface area contributed by atoms with Gasteiger partial charge in [0.1, 0.15) is 6.10 Å². The molecule has 1 aliphatic heterocycles. The number of hydrogen-bond acceptors (Lipinski definition) is 6. The number of nitrogens with one attached hydrogen (secondary N) is 2. The lowest BCUT2D eigenvalue weighted by Crippen LogP contribution is -2.29.